The molecule has 1 atom stereocenters. The molecule has 0 radical (unpaired) electrons. The van der Waals surface area contributed by atoms with Crippen LogP contribution in [0.15, 0.2) is 24.3 Å². The van der Waals surface area contributed by atoms with Crippen LogP contribution in [-0.2, 0) is 11.3 Å². The zero-order chi connectivity index (χ0) is 15.4. The van der Waals surface area contributed by atoms with Gasteiger partial charge in [0.25, 0.3) is 0 Å². The Morgan fingerprint density at radius 1 is 1.35 bits per heavy atom. The molecule has 128 valence electrons. The highest BCUT2D eigenvalue weighted by Crippen LogP contribution is 2.21. The molecule has 3 rings (SSSR count). The van der Waals surface area contributed by atoms with Crippen LogP contribution in [0.25, 0.3) is 0 Å². The molecule has 1 aromatic rings. The average Bonchev–Trinajstić information content (AvgIpc) is 2.89. The average molecular weight is 359 g/mol. The van der Waals surface area contributed by atoms with E-state index in [0.717, 1.165) is 30.9 Å². The molecular formula is C16H23ClN2O3S. The van der Waals surface area contributed by atoms with E-state index < -0.39 is 0 Å². The van der Waals surface area contributed by atoms with Crippen molar-refractivity contribution in [3.05, 3.63) is 29.8 Å². The van der Waals surface area contributed by atoms with Crippen molar-refractivity contribution in [3.63, 3.8) is 0 Å². The molecule has 1 amide bonds. The summed E-state index contributed by atoms with van der Waals surface area (Å²) in [5, 5.41) is 0. The number of hydrogen-bond acceptors (Lipinski definition) is 5. The fourth-order valence-electron chi connectivity index (χ4n) is 2.88. The van der Waals surface area contributed by atoms with Gasteiger partial charge in [-0.15, -0.1) is 12.4 Å². The molecule has 2 fully saturated rings. The van der Waals surface area contributed by atoms with Gasteiger partial charge in [-0.3, -0.25) is 9.80 Å². The number of amides is 1. The van der Waals surface area contributed by atoms with Crippen molar-refractivity contribution in [3.8, 4) is 5.75 Å². The smallest absolute Gasteiger partial charge is 0.410 e. The first-order valence-electron chi connectivity index (χ1n) is 7.62. The molecule has 2 saturated heterocycles. The Bertz CT molecular complexity index is 526. The SMILES string of the molecule is COc1cccc(CN2C(=O)OCC2CN2CCSCC2)c1.Cl. The Labute approximate surface area is 147 Å². The summed E-state index contributed by atoms with van der Waals surface area (Å²) in [6, 6.07) is 7.99. The Morgan fingerprint density at radius 2 is 2.13 bits per heavy atom. The molecular weight excluding hydrogens is 336 g/mol. The van der Waals surface area contributed by atoms with Crippen LogP contribution in [0.3, 0.4) is 0 Å². The van der Waals surface area contributed by atoms with Crippen molar-refractivity contribution in [2.75, 3.05) is 44.9 Å². The zero-order valence-corrected chi connectivity index (χ0v) is 14.9. The Hall–Kier alpha value is -1.11. The molecule has 5 nitrogen and oxygen atoms in total. The number of thioether (sulfide) groups is 1. The minimum absolute atomic E-state index is 0. The van der Waals surface area contributed by atoms with Crippen LogP contribution in [0.4, 0.5) is 4.79 Å². The number of carbonyl (C=O) groups is 1. The van der Waals surface area contributed by atoms with E-state index in [4.69, 9.17) is 9.47 Å². The molecule has 0 saturated carbocycles. The first-order valence-corrected chi connectivity index (χ1v) is 8.78. The predicted octanol–water partition coefficient (Wildman–Crippen LogP) is 2.49. The van der Waals surface area contributed by atoms with Crippen molar-refractivity contribution in [1.82, 2.24) is 9.80 Å². The zero-order valence-electron chi connectivity index (χ0n) is 13.3. The summed E-state index contributed by atoms with van der Waals surface area (Å²) in [5.74, 6) is 3.17. The molecule has 7 heteroatoms. The molecule has 0 N–H and O–H groups in total. The van der Waals surface area contributed by atoms with Gasteiger partial charge in [0.15, 0.2) is 0 Å². The van der Waals surface area contributed by atoms with Crippen molar-refractivity contribution in [2.45, 2.75) is 12.6 Å². The Morgan fingerprint density at radius 3 is 2.87 bits per heavy atom. The van der Waals surface area contributed by atoms with E-state index in [2.05, 4.69) is 4.90 Å². The summed E-state index contributed by atoms with van der Waals surface area (Å²) in [7, 11) is 1.65. The van der Waals surface area contributed by atoms with E-state index in [1.54, 1.807) is 7.11 Å². The maximum absolute atomic E-state index is 12.0. The first kappa shape index (κ1) is 18.2. The Kier molecular flexibility index (Phi) is 6.87. The molecule has 0 spiro atoms. The number of carbonyl (C=O) groups excluding carboxylic acids is 1. The molecule has 1 unspecified atom stereocenters. The van der Waals surface area contributed by atoms with Gasteiger partial charge in [-0.2, -0.15) is 11.8 Å². The van der Waals surface area contributed by atoms with Crippen LogP contribution in [0.1, 0.15) is 5.56 Å². The van der Waals surface area contributed by atoms with Gasteiger partial charge < -0.3 is 9.47 Å². The molecule has 0 aromatic heterocycles. The van der Waals surface area contributed by atoms with E-state index in [9.17, 15) is 4.79 Å². The van der Waals surface area contributed by atoms with E-state index >= 15 is 0 Å². The van der Waals surface area contributed by atoms with Crippen LogP contribution in [-0.4, -0.2) is 66.8 Å². The van der Waals surface area contributed by atoms with Crippen LogP contribution in [0, 0.1) is 0 Å². The van der Waals surface area contributed by atoms with Gasteiger partial charge in [0, 0.05) is 37.7 Å². The fraction of sp³-hybridized carbons (Fsp3) is 0.562. The summed E-state index contributed by atoms with van der Waals surface area (Å²) in [6.45, 7) is 4.16. The minimum atomic E-state index is -0.209. The van der Waals surface area contributed by atoms with Crippen LogP contribution >= 0.6 is 24.2 Å². The summed E-state index contributed by atoms with van der Waals surface area (Å²) in [5.41, 5.74) is 1.07. The number of hydrogen-bond donors (Lipinski definition) is 0. The quantitative estimate of drug-likeness (QED) is 0.809. The summed E-state index contributed by atoms with van der Waals surface area (Å²) >= 11 is 2.00. The number of cyclic esters (lactones) is 1. The number of methoxy groups -OCH3 is 1. The third-order valence-corrected chi connectivity index (χ3v) is 5.08. The number of benzene rings is 1. The minimum Gasteiger partial charge on any atom is -0.497 e. The van der Waals surface area contributed by atoms with Crippen LogP contribution < -0.4 is 4.74 Å². The monoisotopic (exact) mass is 358 g/mol. The largest absolute Gasteiger partial charge is 0.497 e. The highest BCUT2D eigenvalue weighted by Gasteiger charge is 2.34. The molecule has 0 bridgehead atoms. The van der Waals surface area contributed by atoms with Crippen LogP contribution in [0.2, 0.25) is 0 Å². The third-order valence-electron chi connectivity index (χ3n) is 4.13. The summed E-state index contributed by atoms with van der Waals surface area (Å²) in [4.78, 5) is 16.3. The molecule has 1 aromatic carbocycles. The first-order chi connectivity index (χ1) is 10.8. The second-order valence-electron chi connectivity index (χ2n) is 5.62. The maximum atomic E-state index is 12.0. The van der Waals surface area contributed by atoms with Gasteiger partial charge in [0.1, 0.15) is 12.4 Å². The lowest BCUT2D eigenvalue weighted by molar-refractivity contribution is 0.154. The molecule has 2 aliphatic heterocycles. The maximum Gasteiger partial charge on any atom is 0.410 e. The second kappa shape index (κ2) is 8.66. The number of halogens is 1. The lowest BCUT2D eigenvalue weighted by Crippen LogP contribution is -2.45. The van der Waals surface area contributed by atoms with E-state index in [0.29, 0.717) is 13.2 Å². The van der Waals surface area contributed by atoms with Crippen molar-refractivity contribution in [2.24, 2.45) is 0 Å². The lowest BCUT2D eigenvalue weighted by Gasteiger charge is -2.31. The number of nitrogens with zero attached hydrogens (tertiary/aromatic N) is 2. The van der Waals surface area contributed by atoms with Crippen molar-refractivity contribution < 1.29 is 14.3 Å². The summed E-state index contributed by atoms with van der Waals surface area (Å²) in [6.07, 6.45) is -0.209. The topological polar surface area (TPSA) is 42.0 Å². The van der Waals surface area contributed by atoms with Crippen molar-refractivity contribution in [1.29, 1.82) is 0 Å². The highest BCUT2D eigenvalue weighted by molar-refractivity contribution is 7.99. The molecule has 23 heavy (non-hydrogen) atoms. The molecule has 2 heterocycles. The van der Waals surface area contributed by atoms with E-state index in [1.807, 2.05) is 40.9 Å². The second-order valence-corrected chi connectivity index (χ2v) is 6.85. The molecule has 2 aliphatic rings. The third kappa shape index (κ3) is 4.68. The van der Waals surface area contributed by atoms with Crippen molar-refractivity contribution >= 4 is 30.3 Å². The van der Waals surface area contributed by atoms with Gasteiger partial charge in [-0.25, -0.2) is 4.79 Å². The molecule has 0 aliphatic carbocycles. The fourth-order valence-corrected chi connectivity index (χ4v) is 3.86. The Balaban J connectivity index is 0.00000192. The predicted molar refractivity (Wildman–Crippen MR) is 94.7 cm³/mol. The van der Waals surface area contributed by atoms with Gasteiger partial charge in [-0.05, 0) is 17.7 Å². The lowest BCUT2D eigenvalue weighted by atomic mass is 10.1. The van der Waals surface area contributed by atoms with E-state index in [1.165, 1.54) is 11.5 Å². The number of ether oxygens (including phenoxy) is 2. The normalized spacial score (nSPS) is 21.7. The van der Waals surface area contributed by atoms with Gasteiger partial charge in [-0.1, -0.05) is 12.1 Å². The summed E-state index contributed by atoms with van der Waals surface area (Å²) < 4.78 is 10.5. The highest BCUT2D eigenvalue weighted by atomic mass is 35.5. The van der Waals surface area contributed by atoms with Gasteiger partial charge >= 0.3 is 6.09 Å². The number of rotatable bonds is 5. The van der Waals surface area contributed by atoms with E-state index in [-0.39, 0.29) is 24.5 Å². The standard InChI is InChI=1S/C16H22N2O3S.ClH/c1-20-15-4-2-3-13(9-15)10-18-14(12-21-16(18)19)11-17-5-7-22-8-6-17;/h2-4,9,14H,5-8,10-12H2,1H3;1H. The van der Waals surface area contributed by atoms with Gasteiger partial charge in [0.05, 0.1) is 13.2 Å². The van der Waals surface area contributed by atoms with Gasteiger partial charge in [0.2, 0.25) is 0 Å². The van der Waals surface area contributed by atoms with Crippen LogP contribution in [0.5, 0.6) is 5.75 Å².